The Kier molecular flexibility index (Phi) is 4.48. The van der Waals surface area contributed by atoms with Crippen molar-refractivity contribution in [2.24, 2.45) is 0 Å². The molecule has 1 aromatic heterocycles. The Balaban J connectivity index is 2.24. The van der Waals surface area contributed by atoms with Gasteiger partial charge in [0.15, 0.2) is 0 Å². The van der Waals surface area contributed by atoms with Gasteiger partial charge in [-0.2, -0.15) is 0 Å². The molecule has 0 amide bonds. The van der Waals surface area contributed by atoms with Crippen molar-refractivity contribution in [1.82, 2.24) is 4.98 Å². The van der Waals surface area contributed by atoms with E-state index in [1.165, 1.54) is 16.3 Å². The van der Waals surface area contributed by atoms with Crippen molar-refractivity contribution in [1.29, 1.82) is 0 Å². The molecule has 0 aliphatic heterocycles. The van der Waals surface area contributed by atoms with E-state index >= 15 is 0 Å². The number of hydrogen-bond acceptors (Lipinski definition) is 3. The lowest BCUT2D eigenvalue weighted by atomic mass is 9.98. The van der Waals surface area contributed by atoms with Crippen LogP contribution >= 0.6 is 11.3 Å². The summed E-state index contributed by atoms with van der Waals surface area (Å²) in [5.74, 6) is 0. The lowest BCUT2D eigenvalue weighted by Crippen LogP contribution is -2.21. The lowest BCUT2D eigenvalue weighted by Gasteiger charge is -2.21. The molecule has 0 N–H and O–H groups in total. The van der Waals surface area contributed by atoms with Crippen molar-refractivity contribution in [2.45, 2.75) is 40.0 Å². The summed E-state index contributed by atoms with van der Waals surface area (Å²) >= 11 is 1.75. The predicted octanol–water partition coefficient (Wildman–Crippen LogP) is 4.95. The first-order chi connectivity index (χ1) is 9.45. The van der Waals surface area contributed by atoms with E-state index in [0.29, 0.717) is 0 Å². The monoisotopic (exact) mass is 288 g/mol. The molecule has 0 fully saturated rings. The van der Waals surface area contributed by atoms with Crippen LogP contribution in [-0.4, -0.2) is 18.1 Å². The molecule has 0 bridgehead atoms. The average molecular weight is 288 g/mol. The summed E-state index contributed by atoms with van der Waals surface area (Å²) in [5.41, 5.74) is 3.70. The molecule has 0 unspecified atom stereocenters. The Hall–Kier alpha value is -1.35. The molecule has 20 heavy (non-hydrogen) atoms. The summed E-state index contributed by atoms with van der Waals surface area (Å²) in [4.78, 5) is 7.12. The number of aromatic nitrogens is 1. The Labute approximate surface area is 126 Å². The standard InChI is InChI=1S/C17H24N2S/c1-6-19(7-2)14-10-8-13(9-11-14)15-12-20-16(18-15)17(3,4)5/h8-12H,6-7H2,1-5H3. The zero-order valence-corrected chi connectivity index (χ0v) is 13.9. The van der Waals surface area contributed by atoms with Crippen LogP contribution in [0.15, 0.2) is 29.6 Å². The Morgan fingerprint density at radius 1 is 1.05 bits per heavy atom. The van der Waals surface area contributed by atoms with Gasteiger partial charge in [-0.05, 0) is 26.0 Å². The maximum atomic E-state index is 4.77. The molecule has 2 aromatic rings. The molecule has 108 valence electrons. The van der Waals surface area contributed by atoms with Crippen molar-refractivity contribution < 1.29 is 0 Å². The van der Waals surface area contributed by atoms with Gasteiger partial charge in [-0.25, -0.2) is 4.98 Å². The van der Waals surface area contributed by atoms with Gasteiger partial charge in [-0.15, -0.1) is 11.3 Å². The van der Waals surface area contributed by atoms with Gasteiger partial charge in [-0.1, -0.05) is 32.9 Å². The third kappa shape index (κ3) is 3.21. The lowest BCUT2D eigenvalue weighted by molar-refractivity contribution is 0.586. The molecule has 1 heterocycles. The second-order valence-corrected chi connectivity index (χ2v) is 6.87. The van der Waals surface area contributed by atoms with E-state index in [-0.39, 0.29) is 5.41 Å². The Morgan fingerprint density at radius 2 is 1.65 bits per heavy atom. The summed E-state index contributed by atoms with van der Waals surface area (Å²) in [5, 5.41) is 3.35. The van der Waals surface area contributed by atoms with Gasteiger partial charge >= 0.3 is 0 Å². The van der Waals surface area contributed by atoms with Gasteiger partial charge in [0.2, 0.25) is 0 Å². The number of rotatable bonds is 4. The fraction of sp³-hybridized carbons (Fsp3) is 0.471. The van der Waals surface area contributed by atoms with Crippen molar-refractivity contribution in [3.05, 3.63) is 34.7 Å². The van der Waals surface area contributed by atoms with Crippen molar-refractivity contribution in [3.8, 4) is 11.3 Å². The third-order valence-electron chi connectivity index (χ3n) is 3.44. The molecular formula is C17H24N2S. The largest absolute Gasteiger partial charge is 0.372 e. The Morgan fingerprint density at radius 3 is 2.10 bits per heavy atom. The van der Waals surface area contributed by atoms with Gasteiger partial charge < -0.3 is 4.90 Å². The predicted molar refractivity (Wildman–Crippen MR) is 89.8 cm³/mol. The minimum atomic E-state index is 0.129. The summed E-state index contributed by atoms with van der Waals surface area (Å²) in [6.07, 6.45) is 0. The van der Waals surface area contributed by atoms with E-state index in [1.807, 2.05) is 0 Å². The van der Waals surface area contributed by atoms with E-state index in [4.69, 9.17) is 4.98 Å². The number of anilines is 1. The third-order valence-corrected chi connectivity index (χ3v) is 4.71. The van der Waals surface area contributed by atoms with Gasteiger partial charge in [0.05, 0.1) is 10.7 Å². The molecule has 2 rings (SSSR count). The quantitative estimate of drug-likeness (QED) is 0.791. The summed E-state index contributed by atoms with van der Waals surface area (Å²) in [7, 11) is 0. The van der Waals surface area contributed by atoms with Crippen LogP contribution in [0.1, 0.15) is 39.6 Å². The first-order valence-corrected chi connectivity index (χ1v) is 8.15. The molecule has 0 aliphatic rings. The first-order valence-electron chi connectivity index (χ1n) is 7.27. The fourth-order valence-corrected chi connectivity index (χ4v) is 3.10. The smallest absolute Gasteiger partial charge is 0.0986 e. The maximum Gasteiger partial charge on any atom is 0.0986 e. The minimum absolute atomic E-state index is 0.129. The second-order valence-electron chi connectivity index (χ2n) is 6.01. The molecule has 0 saturated heterocycles. The SMILES string of the molecule is CCN(CC)c1ccc(-c2csc(C(C)(C)C)n2)cc1. The van der Waals surface area contributed by atoms with Crippen LogP contribution in [0, 0.1) is 0 Å². The van der Waals surface area contributed by atoms with E-state index < -0.39 is 0 Å². The topological polar surface area (TPSA) is 16.1 Å². The normalized spacial score (nSPS) is 11.7. The zero-order valence-electron chi connectivity index (χ0n) is 13.1. The van der Waals surface area contributed by atoms with Crippen molar-refractivity contribution >= 4 is 17.0 Å². The van der Waals surface area contributed by atoms with Crippen molar-refractivity contribution in [3.63, 3.8) is 0 Å². The molecule has 0 spiro atoms. The number of nitrogens with zero attached hydrogens (tertiary/aromatic N) is 2. The van der Waals surface area contributed by atoms with Gasteiger partial charge in [0.1, 0.15) is 0 Å². The maximum absolute atomic E-state index is 4.77. The molecule has 1 aromatic carbocycles. The van der Waals surface area contributed by atoms with E-state index in [2.05, 4.69) is 69.2 Å². The minimum Gasteiger partial charge on any atom is -0.372 e. The summed E-state index contributed by atoms with van der Waals surface area (Å²) < 4.78 is 0. The van der Waals surface area contributed by atoms with Crippen LogP contribution in [0.2, 0.25) is 0 Å². The van der Waals surface area contributed by atoms with Crippen LogP contribution in [0.5, 0.6) is 0 Å². The van der Waals surface area contributed by atoms with Crippen molar-refractivity contribution in [2.75, 3.05) is 18.0 Å². The highest BCUT2D eigenvalue weighted by molar-refractivity contribution is 7.10. The molecule has 0 aliphatic carbocycles. The highest BCUT2D eigenvalue weighted by Gasteiger charge is 2.18. The molecular weight excluding hydrogens is 264 g/mol. The molecule has 2 nitrogen and oxygen atoms in total. The Bertz CT molecular complexity index is 545. The number of thiazole rings is 1. The van der Waals surface area contributed by atoms with Crippen LogP contribution in [0.4, 0.5) is 5.69 Å². The molecule has 0 saturated carbocycles. The van der Waals surface area contributed by atoms with Gasteiger partial charge in [0.25, 0.3) is 0 Å². The summed E-state index contributed by atoms with van der Waals surface area (Å²) in [6, 6.07) is 8.74. The van der Waals surface area contributed by atoms with Gasteiger partial charge in [0, 0.05) is 35.1 Å². The van der Waals surface area contributed by atoms with Crippen LogP contribution < -0.4 is 4.90 Å². The van der Waals surface area contributed by atoms with E-state index in [1.54, 1.807) is 11.3 Å². The first kappa shape index (κ1) is 15.0. The second kappa shape index (κ2) is 5.96. The number of benzene rings is 1. The molecule has 0 radical (unpaired) electrons. The highest BCUT2D eigenvalue weighted by atomic mass is 32.1. The fourth-order valence-electron chi connectivity index (χ4n) is 2.18. The van der Waals surface area contributed by atoms with Crippen LogP contribution in [-0.2, 0) is 5.41 Å². The van der Waals surface area contributed by atoms with E-state index in [9.17, 15) is 0 Å². The molecule has 0 atom stereocenters. The summed E-state index contributed by atoms with van der Waals surface area (Å²) in [6.45, 7) is 13.1. The van der Waals surface area contributed by atoms with Crippen LogP contribution in [0.25, 0.3) is 11.3 Å². The highest BCUT2D eigenvalue weighted by Crippen LogP contribution is 2.30. The van der Waals surface area contributed by atoms with Gasteiger partial charge in [-0.3, -0.25) is 0 Å². The van der Waals surface area contributed by atoms with E-state index in [0.717, 1.165) is 18.8 Å². The van der Waals surface area contributed by atoms with Crippen LogP contribution in [0.3, 0.4) is 0 Å². The molecule has 3 heteroatoms. The number of hydrogen-bond donors (Lipinski definition) is 0. The average Bonchev–Trinajstić information content (AvgIpc) is 2.90. The zero-order chi connectivity index (χ0) is 14.8.